The van der Waals surface area contributed by atoms with Gasteiger partial charge in [0.05, 0.1) is 49.8 Å². The van der Waals surface area contributed by atoms with Gasteiger partial charge in [-0.05, 0) is 74.6 Å². The average Bonchev–Trinajstić information content (AvgIpc) is 3.78. The molecule has 2 fully saturated rings. The molecule has 1 aromatic carbocycles. The number of nitriles is 1. The molecule has 3 aromatic heterocycles. The lowest BCUT2D eigenvalue weighted by molar-refractivity contribution is -0.130. The molecule has 1 aliphatic heterocycles. The van der Waals surface area contributed by atoms with Crippen LogP contribution >= 0.6 is 0 Å². The van der Waals surface area contributed by atoms with E-state index in [-0.39, 0.29) is 44.0 Å². The molecule has 0 radical (unpaired) electrons. The van der Waals surface area contributed by atoms with E-state index in [0.717, 1.165) is 49.9 Å². The number of hydrogen-bond donors (Lipinski definition) is 1. The molecule has 1 N–H and O–H groups in total. The highest BCUT2D eigenvalue weighted by Crippen LogP contribution is 2.35. The zero-order chi connectivity index (χ0) is 35.7. The zero-order valence-corrected chi connectivity index (χ0v) is 28.9. The first kappa shape index (κ1) is 36.0. The van der Waals surface area contributed by atoms with Crippen LogP contribution in [0.4, 0.5) is 20.4 Å². The van der Waals surface area contributed by atoms with Crippen LogP contribution < -0.4 is 14.8 Å². The lowest BCUT2D eigenvalue weighted by atomic mass is 9.89. The maximum atomic E-state index is 12.5. The van der Waals surface area contributed by atoms with Gasteiger partial charge in [-0.15, -0.1) is 10.2 Å². The molecule has 17 heteroatoms. The van der Waals surface area contributed by atoms with Gasteiger partial charge in [0, 0.05) is 43.5 Å². The molecule has 1 aliphatic carbocycles. The summed E-state index contributed by atoms with van der Waals surface area (Å²) in [5.74, 6) is 1.08. The van der Waals surface area contributed by atoms with E-state index in [9.17, 15) is 14.0 Å². The van der Waals surface area contributed by atoms with E-state index in [1.54, 1.807) is 29.2 Å². The second-order valence-electron chi connectivity index (χ2n) is 13.0. The van der Waals surface area contributed by atoms with E-state index in [1.165, 1.54) is 6.33 Å². The Labute approximate surface area is 294 Å². The Bertz CT molecular complexity index is 1720. The first-order chi connectivity index (χ1) is 24.7. The van der Waals surface area contributed by atoms with Gasteiger partial charge in [-0.1, -0.05) is 6.07 Å². The number of hydrogen-bond acceptors (Lipinski definition) is 13. The monoisotopic (exact) mass is 707 g/mol. The summed E-state index contributed by atoms with van der Waals surface area (Å²) in [6.07, 6.45) is 11.2. The van der Waals surface area contributed by atoms with Gasteiger partial charge >= 0.3 is 6.61 Å². The van der Waals surface area contributed by atoms with Crippen molar-refractivity contribution in [2.24, 2.45) is 0 Å². The van der Waals surface area contributed by atoms with Crippen LogP contribution in [0, 0.1) is 11.3 Å². The lowest BCUT2D eigenvalue weighted by Gasteiger charge is -2.42. The molecule has 0 bridgehead atoms. The smallest absolute Gasteiger partial charge is 0.345 e. The van der Waals surface area contributed by atoms with Crippen molar-refractivity contribution in [1.82, 2.24) is 44.9 Å². The van der Waals surface area contributed by atoms with Crippen molar-refractivity contribution in [3.63, 3.8) is 0 Å². The number of rotatable bonds is 15. The Hall–Kier alpha value is -4.79. The van der Waals surface area contributed by atoms with Gasteiger partial charge in [-0.3, -0.25) is 9.58 Å². The van der Waals surface area contributed by atoms with Crippen molar-refractivity contribution >= 4 is 11.6 Å². The zero-order valence-electron chi connectivity index (χ0n) is 28.9. The largest absolute Gasteiger partial charge is 0.487 e. The van der Waals surface area contributed by atoms with Crippen molar-refractivity contribution in [3.05, 3.63) is 48.7 Å². The van der Waals surface area contributed by atoms with Gasteiger partial charge in [0.2, 0.25) is 5.95 Å². The summed E-state index contributed by atoms with van der Waals surface area (Å²) in [5, 5.41) is 28.8. The Balaban J connectivity index is 1.13. The van der Waals surface area contributed by atoms with Crippen molar-refractivity contribution in [1.29, 1.82) is 5.26 Å². The van der Waals surface area contributed by atoms with Crippen LogP contribution in [0.15, 0.2) is 43.1 Å². The highest BCUT2D eigenvalue weighted by Gasteiger charge is 2.32. The van der Waals surface area contributed by atoms with E-state index in [2.05, 4.69) is 60.4 Å². The fraction of sp³-hybridized carbons (Fsp3) is 0.559. The van der Waals surface area contributed by atoms with Crippen molar-refractivity contribution < 1.29 is 27.7 Å². The summed E-state index contributed by atoms with van der Waals surface area (Å²) < 4.78 is 50.7. The van der Waals surface area contributed by atoms with E-state index in [1.807, 2.05) is 23.9 Å². The standard InChI is InChI=1S/C34H43F2N11O4/c1-22-17-45(18-23(2)50-22)28-7-9-29(10-8-28)47-20-30(32(42-47)48-11-4-12-49-33(35)36)41-34-38-15-27(16-39-34)25-5-6-26(14-37)31(13-25)51-24(3)19-46-21-40-43-44-46/h5-6,13,15-16,20-24,28-29,33H,4,7-12,17-19H2,1-3H3,(H,38,39,41)/t22-,23+,24-,28?,29?/m0/s1. The van der Waals surface area contributed by atoms with Gasteiger partial charge in [0.1, 0.15) is 29.9 Å². The Kier molecular flexibility index (Phi) is 12.0. The minimum atomic E-state index is -2.82. The third-order valence-corrected chi connectivity index (χ3v) is 8.97. The maximum absolute atomic E-state index is 12.5. The van der Waals surface area contributed by atoms with Gasteiger partial charge in [0.15, 0.2) is 0 Å². The Morgan fingerprint density at radius 2 is 1.78 bits per heavy atom. The number of tetrazole rings is 1. The van der Waals surface area contributed by atoms with Gasteiger partial charge in [-0.2, -0.15) is 14.0 Å². The molecule has 272 valence electrons. The van der Waals surface area contributed by atoms with Gasteiger partial charge in [0.25, 0.3) is 5.88 Å². The third kappa shape index (κ3) is 9.72. The highest BCUT2D eigenvalue weighted by molar-refractivity contribution is 5.67. The molecule has 1 saturated carbocycles. The second-order valence-corrected chi connectivity index (χ2v) is 13.0. The lowest BCUT2D eigenvalue weighted by Crippen LogP contribution is -2.51. The van der Waals surface area contributed by atoms with Gasteiger partial charge in [-0.25, -0.2) is 14.6 Å². The van der Waals surface area contributed by atoms with Crippen molar-refractivity contribution in [2.45, 2.75) is 96.4 Å². The van der Waals surface area contributed by atoms with E-state index >= 15 is 0 Å². The first-order valence-electron chi connectivity index (χ1n) is 17.3. The number of ether oxygens (including phenoxy) is 4. The molecular weight excluding hydrogens is 664 g/mol. The summed E-state index contributed by atoms with van der Waals surface area (Å²) >= 11 is 0. The van der Waals surface area contributed by atoms with Crippen LogP contribution in [0.1, 0.15) is 64.5 Å². The number of aromatic nitrogens is 8. The quantitative estimate of drug-likeness (QED) is 0.164. The molecular formula is C34H43F2N11O4. The van der Waals surface area contributed by atoms with Crippen LogP contribution in [0.25, 0.3) is 11.1 Å². The third-order valence-electron chi connectivity index (χ3n) is 8.97. The minimum Gasteiger partial charge on any atom is -0.487 e. The molecule has 3 atom stereocenters. The summed E-state index contributed by atoms with van der Waals surface area (Å²) in [6, 6.07) is 8.16. The predicted octanol–water partition coefficient (Wildman–Crippen LogP) is 5.01. The van der Waals surface area contributed by atoms with E-state index in [0.29, 0.717) is 41.4 Å². The van der Waals surface area contributed by atoms with E-state index in [4.69, 9.17) is 19.3 Å². The Morgan fingerprint density at radius 1 is 1.04 bits per heavy atom. The molecule has 0 spiro atoms. The molecule has 4 heterocycles. The van der Waals surface area contributed by atoms with Crippen LogP contribution in [-0.2, 0) is 16.0 Å². The number of anilines is 2. The fourth-order valence-corrected chi connectivity index (χ4v) is 6.69. The minimum absolute atomic E-state index is 0.130. The molecule has 6 rings (SSSR count). The number of halogens is 2. The molecule has 4 aromatic rings. The first-order valence-corrected chi connectivity index (χ1v) is 17.3. The number of nitrogens with zero attached hydrogens (tertiary/aromatic N) is 10. The average molecular weight is 708 g/mol. The summed E-state index contributed by atoms with van der Waals surface area (Å²) in [6.45, 7) is 5.63. The molecule has 1 saturated heterocycles. The summed E-state index contributed by atoms with van der Waals surface area (Å²) in [4.78, 5) is 11.6. The van der Waals surface area contributed by atoms with Crippen LogP contribution in [0.3, 0.4) is 0 Å². The highest BCUT2D eigenvalue weighted by atomic mass is 19.3. The SMILES string of the molecule is C[C@@H]1CN(C2CCC(n3cc(Nc4ncc(-c5ccc(C#N)c(O[C@@H](C)Cn6cnnn6)c5)cn4)c(OCCCOC(F)F)n3)CC2)C[C@H](C)O1. The molecule has 0 amide bonds. The van der Waals surface area contributed by atoms with Crippen LogP contribution in [-0.4, -0.2) is 102 Å². The number of nitrogens with one attached hydrogen (secondary N) is 1. The number of alkyl halides is 2. The van der Waals surface area contributed by atoms with Crippen molar-refractivity contribution in [2.75, 3.05) is 31.6 Å². The maximum Gasteiger partial charge on any atom is 0.345 e. The van der Waals surface area contributed by atoms with E-state index < -0.39 is 6.61 Å². The molecule has 2 aliphatic rings. The number of morpholine rings is 1. The molecule has 0 unspecified atom stereocenters. The summed E-state index contributed by atoms with van der Waals surface area (Å²) in [5.41, 5.74) is 2.45. The fourth-order valence-electron chi connectivity index (χ4n) is 6.69. The topological polar surface area (TPSA) is 163 Å². The number of benzene rings is 1. The van der Waals surface area contributed by atoms with Crippen molar-refractivity contribution in [3.8, 4) is 28.8 Å². The predicted molar refractivity (Wildman–Crippen MR) is 181 cm³/mol. The summed E-state index contributed by atoms with van der Waals surface area (Å²) in [7, 11) is 0. The second kappa shape index (κ2) is 16.9. The van der Waals surface area contributed by atoms with Crippen LogP contribution in [0.5, 0.6) is 11.6 Å². The molecule has 15 nitrogen and oxygen atoms in total. The van der Waals surface area contributed by atoms with Crippen LogP contribution in [0.2, 0.25) is 0 Å². The normalized spacial score (nSPS) is 21.7. The van der Waals surface area contributed by atoms with Gasteiger partial charge < -0.3 is 24.3 Å². The Morgan fingerprint density at radius 3 is 2.47 bits per heavy atom. The molecule has 51 heavy (non-hydrogen) atoms.